The van der Waals surface area contributed by atoms with Gasteiger partial charge in [0.2, 0.25) is 5.91 Å². The van der Waals surface area contributed by atoms with Crippen LogP contribution in [0.3, 0.4) is 0 Å². The van der Waals surface area contributed by atoms with E-state index in [0.29, 0.717) is 53.0 Å². The van der Waals surface area contributed by atoms with Crippen LogP contribution in [0.15, 0.2) is 212 Å². The van der Waals surface area contributed by atoms with Gasteiger partial charge in [-0.05, 0) is 133 Å². The van der Waals surface area contributed by atoms with E-state index in [-0.39, 0.29) is 111 Å². The number of anilines is 2. The van der Waals surface area contributed by atoms with Crippen LogP contribution in [-0.4, -0.2) is 160 Å². The highest BCUT2D eigenvalue weighted by atomic mass is 31.2. The quantitative estimate of drug-likeness (QED) is 0.0205. The minimum Gasteiger partial charge on any atom is -0.497 e. The lowest BCUT2D eigenvalue weighted by atomic mass is 9.80. The lowest BCUT2D eigenvalue weighted by Crippen LogP contribution is -2.38. The summed E-state index contributed by atoms with van der Waals surface area (Å²) in [5.41, 5.74) is 6.86. The number of methoxy groups -OCH3 is 2. The fourth-order valence-corrected chi connectivity index (χ4v) is 18.3. The zero-order valence-corrected chi connectivity index (χ0v) is 69.5. The molecular formula is C89H96N12O17P2. The number of phosphoric ester groups is 1. The molecule has 31 heteroatoms. The largest absolute Gasteiger partial charge is 0.497 e. The fraction of sp³-hybridized carbons (Fsp3) is 0.360. The molecule has 0 saturated carbocycles. The first-order valence-corrected chi connectivity index (χ1v) is 42.4. The van der Waals surface area contributed by atoms with E-state index in [2.05, 4.69) is 43.8 Å². The average Bonchev–Trinajstić information content (AvgIpc) is 1.25. The van der Waals surface area contributed by atoms with Crippen molar-refractivity contribution in [1.29, 1.82) is 10.5 Å². The van der Waals surface area contributed by atoms with Crippen LogP contribution >= 0.6 is 16.3 Å². The Morgan fingerprint density at radius 2 is 1.26 bits per heavy atom. The summed E-state index contributed by atoms with van der Waals surface area (Å²) in [7, 11) is -2.19. The predicted octanol–water partition coefficient (Wildman–Crippen LogP) is 15.4. The zero-order chi connectivity index (χ0) is 84.3. The first-order chi connectivity index (χ1) is 58.2. The van der Waals surface area contributed by atoms with E-state index in [9.17, 15) is 34.5 Å². The molecule has 3 aliphatic rings. The number of carbonyl (C=O) groups excluding carboxylic acids is 4. The summed E-state index contributed by atoms with van der Waals surface area (Å²) in [6, 6.07) is 62.5. The summed E-state index contributed by atoms with van der Waals surface area (Å²) < 4.78 is 92.0. The van der Waals surface area contributed by atoms with Crippen LogP contribution in [0.5, 0.6) is 11.5 Å². The van der Waals surface area contributed by atoms with Crippen molar-refractivity contribution in [3.8, 4) is 34.8 Å². The van der Waals surface area contributed by atoms with Crippen molar-refractivity contribution in [3.63, 3.8) is 0 Å². The third-order valence-electron chi connectivity index (χ3n) is 21.0. The van der Waals surface area contributed by atoms with Gasteiger partial charge in [-0.3, -0.25) is 37.1 Å². The average molecular weight is 1670 g/mol. The number of imidazole rings is 1. The van der Waals surface area contributed by atoms with E-state index in [1.54, 1.807) is 38.0 Å². The van der Waals surface area contributed by atoms with Crippen LogP contribution in [0.4, 0.5) is 16.4 Å². The van der Waals surface area contributed by atoms with E-state index in [4.69, 9.17) is 56.0 Å². The molecular weight excluding hydrogens is 1570 g/mol. The van der Waals surface area contributed by atoms with Crippen LogP contribution in [0, 0.1) is 22.7 Å². The van der Waals surface area contributed by atoms with Gasteiger partial charge in [0.1, 0.15) is 72.4 Å². The lowest BCUT2D eigenvalue weighted by molar-refractivity contribution is -0.118. The highest BCUT2D eigenvalue weighted by Gasteiger charge is 2.49. The van der Waals surface area contributed by atoms with E-state index in [1.807, 2.05) is 196 Å². The second-order valence-electron chi connectivity index (χ2n) is 29.6. The van der Waals surface area contributed by atoms with E-state index in [0.717, 1.165) is 33.4 Å². The Hall–Kier alpha value is -11.3. The highest BCUT2D eigenvalue weighted by Crippen LogP contribution is 2.56. The number of Topliss-reactive ketones (excluding diaryl/α,β-unsaturated/α-hetero) is 1. The smallest absolute Gasteiger partial charge is 0.475 e. The number of nitrogens with one attached hydrogen (secondary N) is 2. The van der Waals surface area contributed by atoms with Gasteiger partial charge in [0.05, 0.1) is 78.1 Å². The zero-order valence-electron chi connectivity index (χ0n) is 67.7. The summed E-state index contributed by atoms with van der Waals surface area (Å²) in [5.74, 6) is 0.268. The minimum absolute atomic E-state index is 0.0114. The van der Waals surface area contributed by atoms with Gasteiger partial charge >= 0.3 is 19.6 Å². The standard InChI is InChI=1S/C89H96N12O17P2/c1-59(2)101(60(3)4)119(112-49-19-45-90)117-75-52-81(99-48-44-79(96-87(99)105)95-80(103)29-18-47-98(5)88(106)110-54-74-72-27-16-14-25-70(72)71-26-15-17-28-73(71)74)116-78(75)56-114-120(107,113-50-20-46-91)118-76-53-82(115-77(76)55-111-89(64-23-12-9-13-24-64,65-35-40-68(108-6)41-36-65)66-37-42-69(109-7)43-38-66)100-58-94-83-84(92-57-93-85(83)100)97-86(104)63-33-30-61(31-34-63)32-39-67(102)51-62-21-10-8-11-22-62/h8-17,21-28,30-31,33-38,40-44,48,57-60,74-78,81-82H,18-20,29,32,39,47,49-56H2,1-7H3,(H,92,93,97,104)(H,95,96,103,105)/t75?,76?,77-,78-,81-,82-,119?,120?/m1/s1. The molecule has 120 heavy (non-hydrogen) atoms. The molecule has 2 aliphatic heterocycles. The molecule has 29 nitrogen and oxygen atoms in total. The molecule has 7 aromatic carbocycles. The molecule has 8 atom stereocenters. The predicted molar refractivity (Wildman–Crippen MR) is 447 cm³/mol. The Morgan fingerprint density at radius 1 is 0.658 bits per heavy atom. The molecule has 10 aromatic rings. The number of hydrogen-bond donors (Lipinski definition) is 2. The number of phosphoric acid groups is 1. The third-order valence-corrected chi connectivity index (χ3v) is 24.7. The van der Waals surface area contributed by atoms with Gasteiger partial charge in [-0.15, -0.1) is 0 Å². The number of hydrogen-bond acceptors (Lipinski definition) is 24. The number of aromatic nitrogens is 6. The number of rotatable bonds is 40. The maximum absolute atomic E-state index is 16.1. The topological polar surface area (TPSA) is 343 Å². The SMILES string of the molecule is COc1ccc(C(OC[C@H]2O[C@@H](n3cnc4c(NC(=O)c5ccc(CCC(=O)Cc6ccccc6)cc5)ncnc43)CC2OP(=O)(OCCC#N)OC[C@H]2O[C@@H](n3ccc(NC(=O)CCCN(C)C(=O)OCC4c5ccccc5-c5ccccc54)nc3=O)CC2OP(OCCC#N)N(C(C)C)C(C)C)(c2ccccc2)c2ccc(OC)cc2)cc1. The van der Waals surface area contributed by atoms with Crippen LogP contribution in [0.2, 0.25) is 0 Å². The Morgan fingerprint density at radius 3 is 1.89 bits per heavy atom. The molecule has 13 rings (SSSR count). The Bertz CT molecular complexity index is 5260. The summed E-state index contributed by atoms with van der Waals surface area (Å²) in [4.78, 5) is 87.5. The number of fused-ring (bicyclic) bond motifs is 4. The number of carbonyl (C=O) groups is 4. The molecule has 3 amide bonds. The summed E-state index contributed by atoms with van der Waals surface area (Å²) in [6.07, 6.45) is -2.01. The first kappa shape index (κ1) is 86.6. The summed E-state index contributed by atoms with van der Waals surface area (Å²) in [6.45, 7) is 6.96. The molecule has 624 valence electrons. The molecule has 0 bridgehead atoms. The molecule has 2 saturated heterocycles. The van der Waals surface area contributed by atoms with Crippen molar-refractivity contribution in [3.05, 3.63) is 262 Å². The van der Waals surface area contributed by atoms with Crippen LogP contribution in [0.1, 0.15) is 140 Å². The molecule has 0 spiro atoms. The number of ether oxygens (including phenoxy) is 6. The van der Waals surface area contributed by atoms with Crippen molar-refractivity contribution in [2.45, 2.75) is 146 Å². The van der Waals surface area contributed by atoms with Crippen molar-refractivity contribution in [2.75, 3.05) is 71.5 Å². The lowest BCUT2D eigenvalue weighted by Gasteiger charge is -2.37. The Labute approximate surface area is 697 Å². The first-order valence-electron chi connectivity index (χ1n) is 39.8. The van der Waals surface area contributed by atoms with Gasteiger partial charge in [0.25, 0.3) is 14.4 Å². The molecule has 2 fully saturated rings. The highest BCUT2D eigenvalue weighted by molar-refractivity contribution is 7.48. The third kappa shape index (κ3) is 20.9. The molecule has 5 heterocycles. The number of nitrogens with zero attached hydrogens (tertiary/aromatic N) is 10. The van der Waals surface area contributed by atoms with Gasteiger partial charge in [-0.25, -0.2) is 33.8 Å². The summed E-state index contributed by atoms with van der Waals surface area (Å²) >= 11 is 0. The normalized spacial score (nSPS) is 17.7. The maximum Gasteiger partial charge on any atom is 0.475 e. The van der Waals surface area contributed by atoms with Gasteiger partial charge in [-0.2, -0.15) is 15.5 Å². The Kier molecular flexibility index (Phi) is 29.3. The van der Waals surface area contributed by atoms with E-state index in [1.165, 1.54) is 34.4 Å². The van der Waals surface area contributed by atoms with Crippen LogP contribution in [-0.2, 0) is 74.2 Å². The summed E-state index contributed by atoms with van der Waals surface area (Å²) in [5, 5.41) is 25.2. The van der Waals surface area contributed by atoms with Crippen molar-refractivity contribution >= 4 is 62.8 Å². The van der Waals surface area contributed by atoms with Crippen LogP contribution in [0.25, 0.3) is 22.3 Å². The second-order valence-corrected chi connectivity index (χ2v) is 32.7. The minimum atomic E-state index is -4.96. The van der Waals surface area contributed by atoms with Gasteiger partial charge in [0, 0.05) is 75.5 Å². The van der Waals surface area contributed by atoms with Gasteiger partial charge in [0.15, 0.2) is 17.0 Å². The molecule has 0 radical (unpaired) electrons. The monoisotopic (exact) mass is 1670 g/mol. The second kappa shape index (κ2) is 40.7. The van der Waals surface area contributed by atoms with Crippen molar-refractivity contribution in [2.24, 2.45) is 0 Å². The molecule has 4 unspecified atom stereocenters. The van der Waals surface area contributed by atoms with Gasteiger partial charge < -0.3 is 53.0 Å². The maximum atomic E-state index is 16.1. The number of amides is 3. The molecule has 3 aromatic heterocycles. The Balaban J connectivity index is 0.756. The van der Waals surface area contributed by atoms with Gasteiger partial charge in [-0.1, -0.05) is 146 Å². The number of nitriles is 2. The molecule has 2 N–H and O–H groups in total. The van der Waals surface area contributed by atoms with Crippen molar-refractivity contribution in [1.82, 2.24) is 38.6 Å². The number of benzene rings is 7. The number of ketones is 1. The van der Waals surface area contributed by atoms with E-state index >= 15 is 4.57 Å². The number of aryl methyl sites for hydroxylation is 1. The van der Waals surface area contributed by atoms with Crippen molar-refractivity contribution < 1.29 is 74.8 Å². The van der Waals surface area contributed by atoms with E-state index < -0.39 is 95.6 Å². The molecule has 1 aliphatic carbocycles. The fourth-order valence-electron chi connectivity index (χ4n) is 15.1. The van der Waals surface area contributed by atoms with Crippen LogP contribution < -0.4 is 25.8 Å².